The summed E-state index contributed by atoms with van der Waals surface area (Å²) in [6, 6.07) is 21.3. The Kier molecular flexibility index (Phi) is 6.65. The van der Waals surface area contributed by atoms with Gasteiger partial charge in [0.05, 0.1) is 7.11 Å². The van der Waals surface area contributed by atoms with Crippen LogP contribution in [0.25, 0.3) is 16.8 Å². The van der Waals surface area contributed by atoms with Gasteiger partial charge in [-0.15, -0.1) is 0 Å². The Morgan fingerprint density at radius 1 is 0.897 bits per heavy atom. The molecule has 3 aromatic carbocycles. The summed E-state index contributed by atoms with van der Waals surface area (Å²) in [4.78, 5) is 5.06. The van der Waals surface area contributed by atoms with E-state index >= 15 is 0 Å². The minimum Gasteiger partial charge on any atom is -0.496 e. The second-order valence-corrected chi connectivity index (χ2v) is 8.41. The van der Waals surface area contributed by atoms with Crippen molar-refractivity contribution in [2.24, 2.45) is 0 Å². The molecule has 0 bridgehead atoms. The van der Waals surface area contributed by atoms with E-state index in [1.807, 2.05) is 0 Å². The quantitative estimate of drug-likeness (QED) is 0.496. The van der Waals surface area contributed by atoms with Crippen molar-refractivity contribution in [3.63, 3.8) is 0 Å². The van der Waals surface area contributed by atoms with Crippen LogP contribution in [-0.2, 0) is 6.54 Å². The minimum atomic E-state index is 0.938. The molecule has 1 aliphatic heterocycles. The molecule has 0 aromatic heterocycles. The Morgan fingerprint density at radius 2 is 1.62 bits per heavy atom. The molecule has 29 heavy (non-hydrogen) atoms. The third-order valence-corrected chi connectivity index (χ3v) is 6.14. The largest absolute Gasteiger partial charge is 0.496 e. The fourth-order valence-electron chi connectivity index (χ4n) is 3.94. The van der Waals surface area contributed by atoms with Crippen molar-refractivity contribution in [1.82, 2.24) is 9.80 Å². The normalized spacial score (nSPS) is 15.9. The molecule has 0 spiro atoms. The molecule has 1 heterocycles. The lowest BCUT2D eigenvalue weighted by atomic mass is 10.0. The van der Waals surface area contributed by atoms with Gasteiger partial charge in [-0.2, -0.15) is 0 Å². The zero-order chi connectivity index (χ0) is 20.1. The fraction of sp³-hybridized carbons (Fsp3) is 0.280. The van der Waals surface area contributed by atoms with E-state index in [4.69, 9.17) is 4.74 Å². The molecule has 0 radical (unpaired) electrons. The van der Waals surface area contributed by atoms with Crippen molar-refractivity contribution in [3.05, 3.63) is 82.3 Å². The number of ether oxygens (including phenoxy) is 1. The van der Waals surface area contributed by atoms with E-state index in [9.17, 15) is 0 Å². The van der Waals surface area contributed by atoms with Gasteiger partial charge in [0, 0.05) is 49.3 Å². The van der Waals surface area contributed by atoms with Gasteiger partial charge < -0.3 is 4.74 Å². The fourth-order valence-corrected chi connectivity index (χ4v) is 4.20. The first kappa shape index (κ1) is 20.1. The Balaban J connectivity index is 1.34. The topological polar surface area (TPSA) is 15.7 Å². The van der Waals surface area contributed by atoms with Crippen LogP contribution in [0.15, 0.2) is 71.2 Å². The Hall–Kier alpha value is -2.14. The monoisotopic (exact) mass is 450 g/mol. The first-order valence-corrected chi connectivity index (χ1v) is 10.9. The summed E-state index contributed by atoms with van der Waals surface area (Å²) < 4.78 is 6.79. The predicted molar refractivity (Wildman–Crippen MR) is 125 cm³/mol. The van der Waals surface area contributed by atoms with Crippen LogP contribution >= 0.6 is 15.9 Å². The molecule has 0 N–H and O–H groups in total. The maximum Gasteiger partial charge on any atom is 0.123 e. The van der Waals surface area contributed by atoms with Gasteiger partial charge in [-0.1, -0.05) is 70.5 Å². The summed E-state index contributed by atoms with van der Waals surface area (Å²) in [7, 11) is 1.77. The molecular weight excluding hydrogens is 424 g/mol. The number of nitrogens with zero attached hydrogens (tertiary/aromatic N) is 2. The van der Waals surface area contributed by atoms with E-state index < -0.39 is 0 Å². The standard InChI is InChI=1S/C25H27BrN2O/c1-29-25-13-10-21-6-2-3-7-23(21)24(25)19-28-17-15-27(16-18-28)14-4-5-20-8-11-22(26)12-9-20/h2-13H,14-19H2,1H3/b5-4+. The summed E-state index contributed by atoms with van der Waals surface area (Å²) >= 11 is 3.48. The van der Waals surface area contributed by atoms with E-state index in [0.29, 0.717) is 0 Å². The highest BCUT2D eigenvalue weighted by Crippen LogP contribution is 2.29. The highest BCUT2D eigenvalue weighted by molar-refractivity contribution is 9.10. The summed E-state index contributed by atoms with van der Waals surface area (Å²) in [6.07, 6.45) is 4.48. The molecule has 1 aliphatic rings. The average molecular weight is 451 g/mol. The summed E-state index contributed by atoms with van der Waals surface area (Å²) in [6.45, 7) is 6.29. The van der Waals surface area contributed by atoms with Crippen LogP contribution in [0.2, 0.25) is 0 Å². The third kappa shape index (κ3) is 5.08. The van der Waals surface area contributed by atoms with E-state index in [1.54, 1.807) is 7.11 Å². The van der Waals surface area contributed by atoms with E-state index in [-0.39, 0.29) is 0 Å². The first-order chi connectivity index (χ1) is 14.2. The van der Waals surface area contributed by atoms with Crippen molar-refractivity contribution in [1.29, 1.82) is 0 Å². The number of hydrogen-bond acceptors (Lipinski definition) is 3. The number of benzene rings is 3. The lowest BCUT2D eigenvalue weighted by Gasteiger charge is -2.34. The van der Waals surface area contributed by atoms with Gasteiger partial charge in [-0.25, -0.2) is 0 Å². The molecule has 0 amide bonds. The van der Waals surface area contributed by atoms with Gasteiger partial charge in [-0.3, -0.25) is 9.80 Å². The van der Waals surface area contributed by atoms with Gasteiger partial charge in [-0.05, 0) is 34.5 Å². The molecular formula is C25H27BrN2O. The van der Waals surface area contributed by atoms with Crippen molar-refractivity contribution in [2.45, 2.75) is 6.54 Å². The Morgan fingerprint density at radius 3 is 2.38 bits per heavy atom. The van der Waals surface area contributed by atoms with Crippen LogP contribution in [0.3, 0.4) is 0 Å². The van der Waals surface area contributed by atoms with Crippen LogP contribution in [0.5, 0.6) is 5.75 Å². The van der Waals surface area contributed by atoms with Crippen LogP contribution in [0, 0.1) is 0 Å². The number of methoxy groups -OCH3 is 1. The second kappa shape index (κ2) is 9.57. The molecule has 4 heteroatoms. The average Bonchev–Trinajstić information content (AvgIpc) is 2.76. The smallest absolute Gasteiger partial charge is 0.123 e. The Labute approximate surface area is 181 Å². The van der Waals surface area contributed by atoms with Gasteiger partial charge in [0.25, 0.3) is 0 Å². The molecule has 150 valence electrons. The Bertz CT molecular complexity index is 976. The second-order valence-electron chi connectivity index (χ2n) is 7.50. The molecule has 0 saturated carbocycles. The van der Waals surface area contributed by atoms with Gasteiger partial charge >= 0.3 is 0 Å². The maximum atomic E-state index is 5.67. The molecule has 4 rings (SSSR count). The number of hydrogen-bond donors (Lipinski definition) is 0. The lowest BCUT2D eigenvalue weighted by molar-refractivity contribution is 0.136. The third-order valence-electron chi connectivity index (χ3n) is 5.61. The zero-order valence-corrected chi connectivity index (χ0v) is 18.4. The van der Waals surface area contributed by atoms with Crippen molar-refractivity contribution < 1.29 is 4.74 Å². The van der Waals surface area contributed by atoms with Gasteiger partial charge in [0.2, 0.25) is 0 Å². The van der Waals surface area contributed by atoms with Crippen molar-refractivity contribution in [2.75, 3.05) is 39.8 Å². The highest BCUT2D eigenvalue weighted by atomic mass is 79.9. The molecule has 0 aliphatic carbocycles. The van der Waals surface area contributed by atoms with Crippen molar-refractivity contribution in [3.8, 4) is 5.75 Å². The number of rotatable bonds is 6. The first-order valence-electron chi connectivity index (χ1n) is 10.1. The lowest BCUT2D eigenvalue weighted by Crippen LogP contribution is -2.45. The van der Waals surface area contributed by atoms with Crippen LogP contribution in [0.1, 0.15) is 11.1 Å². The predicted octanol–water partition coefficient (Wildman–Crippen LogP) is 5.44. The summed E-state index contributed by atoms with van der Waals surface area (Å²) in [5, 5.41) is 2.58. The van der Waals surface area contributed by atoms with Crippen LogP contribution < -0.4 is 4.74 Å². The van der Waals surface area contributed by atoms with E-state index in [1.165, 1.54) is 21.9 Å². The summed E-state index contributed by atoms with van der Waals surface area (Å²) in [5.74, 6) is 0.989. The number of piperazine rings is 1. The minimum absolute atomic E-state index is 0.938. The molecule has 3 nitrogen and oxygen atoms in total. The molecule has 0 atom stereocenters. The van der Waals surface area contributed by atoms with Gasteiger partial charge in [0.15, 0.2) is 0 Å². The number of halogens is 1. The molecule has 1 saturated heterocycles. The van der Waals surface area contributed by atoms with E-state index in [2.05, 4.69) is 98.5 Å². The van der Waals surface area contributed by atoms with Crippen LogP contribution in [-0.4, -0.2) is 49.6 Å². The zero-order valence-electron chi connectivity index (χ0n) is 16.9. The highest BCUT2D eigenvalue weighted by Gasteiger charge is 2.18. The SMILES string of the molecule is COc1ccc2ccccc2c1CN1CCN(C/C=C/c2ccc(Br)cc2)CC1. The van der Waals surface area contributed by atoms with Gasteiger partial charge in [0.1, 0.15) is 5.75 Å². The molecule has 1 fully saturated rings. The number of fused-ring (bicyclic) bond motifs is 1. The molecule has 3 aromatic rings. The summed E-state index contributed by atoms with van der Waals surface area (Å²) in [5.41, 5.74) is 2.55. The van der Waals surface area contributed by atoms with Crippen molar-refractivity contribution >= 4 is 32.8 Å². The molecule has 0 unspecified atom stereocenters. The maximum absolute atomic E-state index is 5.67. The van der Waals surface area contributed by atoms with Crippen LogP contribution in [0.4, 0.5) is 0 Å². The van der Waals surface area contributed by atoms with E-state index in [0.717, 1.165) is 49.5 Å².